The van der Waals surface area contributed by atoms with Gasteiger partial charge in [0.2, 0.25) is 15.8 Å². The Bertz CT molecular complexity index is 703. The minimum absolute atomic E-state index is 0.498. The van der Waals surface area contributed by atoms with Gasteiger partial charge in [0.05, 0.1) is 12.0 Å². The van der Waals surface area contributed by atoms with Crippen LogP contribution in [0.1, 0.15) is 0 Å². The summed E-state index contributed by atoms with van der Waals surface area (Å²) in [4.78, 5) is 0. The van der Waals surface area contributed by atoms with E-state index in [-0.39, 0.29) is 0 Å². The van der Waals surface area contributed by atoms with Crippen LogP contribution >= 0.6 is 0 Å². The van der Waals surface area contributed by atoms with Crippen molar-refractivity contribution >= 4 is 20.1 Å². The average molecular weight is 333 g/mol. The Labute approximate surface area is 113 Å². The highest BCUT2D eigenvalue weighted by atomic mass is 32.2. The molecule has 1 aromatic carbocycles. The number of sulfonamides is 1. The van der Waals surface area contributed by atoms with Gasteiger partial charge in [0.15, 0.2) is 17.4 Å². The van der Waals surface area contributed by atoms with Crippen LogP contribution in [0.4, 0.5) is 13.2 Å². The van der Waals surface area contributed by atoms with E-state index >= 15 is 0 Å². The van der Waals surface area contributed by atoms with E-state index in [1.54, 1.807) is 0 Å². The minimum Gasteiger partial charge on any atom is -0.379 e. The van der Waals surface area contributed by atoms with E-state index in [0.29, 0.717) is 12.1 Å². The molecule has 0 aliphatic rings. The number of nitrogens with one attached hydrogen (secondary N) is 1. The van der Waals surface area contributed by atoms with Gasteiger partial charge in [-0.1, -0.05) is 0 Å². The van der Waals surface area contributed by atoms with Gasteiger partial charge in [-0.15, -0.1) is 0 Å². The summed E-state index contributed by atoms with van der Waals surface area (Å²) in [5, 5.41) is 0. The van der Waals surface area contributed by atoms with Crippen molar-refractivity contribution in [3.8, 4) is 5.75 Å². The lowest BCUT2D eigenvalue weighted by Gasteiger charge is -2.08. The number of hydrogen-bond acceptors (Lipinski definition) is 5. The van der Waals surface area contributed by atoms with Crippen LogP contribution < -0.4 is 8.91 Å². The summed E-state index contributed by atoms with van der Waals surface area (Å²) in [6.45, 7) is -0.507. The molecule has 0 fully saturated rings. The van der Waals surface area contributed by atoms with Gasteiger partial charge >= 0.3 is 10.1 Å². The largest absolute Gasteiger partial charge is 0.379 e. The van der Waals surface area contributed by atoms with Crippen molar-refractivity contribution in [2.24, 2.45) is 0 Å². The molecule has 114 valence electrons. The van der Waals surface area contributed by atoms with Crippen LogP contribution in [0.3, 0.4) is 0 Å². The lowest BCUT2D eigenvalue weighted by molar-refractivity contribution is 0.410. The molecule has 0 radical (unpaired) electrons. The monoisotopic (exact) mass is 333 g/mol. The molecule has 0 amide bonds. The zero-order chi connectivity index (χ0) is 15.6. The fourth-order valence-electron chi connectivity index (χ4n) is 1.10. The summed E-state index contributed by atoms with van der Waals surface area (Å²) in [5.74, 6) is -6.97. The summed E-state index contributed by atoms with van der Waals surface area (Å²) in [7, 11) is -7.96. The first-order valence-corrected chi connectivity index (χ1v) is 8.49. The quantitative estimate of drug-likeness (QED) is 0.600. The first-order valence-electron chi connectivity index (χ1n) is 5.02. The molecule has 1 rings (SSSR count). The highest BCUT2D eigenvalue weighted by Gasteiger charge is 2.20. The molecule has 1 aromatic rings. The smallest absolute Gasteiger partial charge is 0.310 e. The summed E-state index contributed by atoms with van der Waals surface area (Å²) >= 11 is 0. The third-order valence-electron chi connectivity index (χ3n) is 1.93. The number of hydrogen-bond donors (Lipinski definition) is 1. The van der Waals surface area contributed by atoms with Gasteiger partial charge in [-0.25, -0.2) is 21.9 Å². The average Bonchev–Trinajstić information content (AvgIpc) is 2.28. The Morgan fingerprint density at radius 2 is 1.70 bits per heavy atom. The Hall–Kier alpha value is -1.33. The van der Waals surface area contributed by atoms with Crippen molar-refractivity contribution in [1.82, 2.24) is 4.72 Å². The zero-order valence-electron chi connectivity index (χ0n) is 10.1. The minimum atomic E-state index is -4.37. The van der Waals surface area contributed by atoms with E-state index < -0.39 is 55.6 Å². The van der Waals surface area contributed by atoms with Crippen molar-refractivity contribution in [2.45, 2.75) is 0 Å². The van der Waals surface area contributed by atoms with Crippen molar-refractivity contribution in [3.63, 3.8) is 0 Å². The maximum Gasteiger partial charge on any atom is 0.310 e. The molecular formula is C9H10F3NO5S2. The van der Waals surface area contributed by atoms with Crippen LogP contribution in [0.2, 0.25) is 0 Å². The van der Waals surface area contributed by atoms with Crippen molar-refractivity contribution in [3.05, 3.63) is 29.6 Å². The molecule has 0 heterocycles. The fraction of sp³-hybridized carbons (Fsp3) is 0.333. The van der Waals surface area contributed by atoms with E-state index in [4.69, 9.17) is 0 Å². The molecule has 20 heavy (non-hydrogen) atoms. The molecule has 1 N–H and O–H groups in total. The number of benzene rings is 1. The molecule has 0 bridgehead atoms. The predicted molar refractivity (Wildman–Crippen MR) is 63.6 cm³/mol. The van der Waals surface area contributed by atoms with E-state index in [1.807, 2.05) is 4.72 Å². The van der Waals surface area contributed by atoms with Gasteiger partial charge < -0.3 is 4.18 Å². The van der Waals surface area contributed by atoms with Gasteiger partial charge in [-0.05, 0) is 12.1 Å². The van der Waals surface area contributed by atoms with Gasteiger partial charge in [-0.3, -0.25) is 0 Å². The molecule has 0 spiro atoms. The predicted octanol–water partition coefficient (Wildman–Crippen LogP) is 0.362. The molecule has 11 heteroatoms. The first-order chi connectivity index (χ1) is 9.02. The maximum absolute atomic E-state index is 13.2. The lowest BCUT2D eigenvalue weighted by Crippen LogP contribution is -2.29. The molecule has 0 aromatic heterocycles. The molecule has 0 saturated heterocycles. The molecule has 0 atom stereocenters. The molecule has 0 saturated carbocycles. The zero-order valence-corrected chi connectivity index (χ0v) is 11.7. The normalized spacial score (nSPS) is 12.4. The second-order valence-corrected chi connectivity index (χ2v) is 7.21. The van der Waals surface area contributed by atoms with E-state index in [9.17, 15) is 30.0 Å². The fourth-order valence-corrected chi connectivity index (χ4v) is 2.54. The van der Waals surface area contributed by atoms with Gasteiger partial charge in [0, 0.05) is 6.54 Å². The maximum atomic E-state index is 13.2. The standard InChI is InChI=1S/C9H10F3NO5S2/c1-19(14,15)13-4-5-20(16,17)18-7-3-2-6(10)8(11)9(7)12/h2-3,13H,4-5H2,1H3. The topological polar surface area (TPSA) is 89.5 Å². The van der Waals surface area contributed by atoms with Gasteiger partial charge in [0.25, 0.3) is 0 Å². The lowest BCUT2D eigenvalue weighted by atomic mass is 10.3. The highest BCUT2D eigenvalue weighted by Crippen LogP contribution is 2.23. The second kappa shape index (κ2) is 5.97. The Morgan fingerprint density at radius 1 is 1.10 bits per heavy atom. The van der Waals surface area contributed by atoms with Crippen LogP contribution in [0, 0.1) is 17.5 Å². The second-order valence-electron chi connectivity index (χ2n) is 3.69. The third kappa shape index (κ3) is 4.98. The van der Waals surface area contributed by atoms with E-state index in [0.717, 1.165) is 6.26 Å². The summed E-state index contributed by atoms with van der Waals surface area (Å²) < 4.78 is 89.0. The van der Waals surface area contributed by atoms with Crippen molar-refractivity contribution in [1.29, 1.82) is 0 Å². The molecular weight excluding hydrogens is 323 g/mol. The Kier molecular flexibility index (Phi) is 5.00. The van der Waals surface area contributed by atoms with E-state index in [2.05, 4.69) is 4.18 Å². The summed E-state index contributed by atoms with van der Waals surface area (Å²) in [6, 6.07) is 1.10. The van der Waals surface area contributed by atoms with Gasteiger partial charge in [-0.2, -0.15) is 12.8 Å². The van der Waals surface area contributed by atoms with Gasteiger partial charge in [0.1, 0.15) is 0 Å². The van der Waals surface area contributed by atoms with Crippen LogP contribution in [-0.2, 0) is 20.1 Å². The first kappa shape index (κ1) is 16.7. The Balaban J connectivity index is 2.79. The van der Waals surface area contributed by atoms with Crippen molar-refractivity contribution in [2.75, 3.05) is 18.6 Å². The van der Waals surface area contributed by atoms with Crippen LogP contribution in [0.25, 0.3) is 0 Å². The Morgan fingerprint density at radius 3 is 2.25 bits per heavy atom. The number of halogens is 3. The molecule has 6 nitrogen and oxygen atoms in total. The molecule has 0 aliphatic carbocycles. The number of rotatable bonds is 6. The summed E-state index contributed by atoms with van der Waals surface area (Å²) in [5.41, 5.74) is 0. The van der Waals surface area contributed by atoms with Crippen molar-refractivity contribution < 1.29 is 34.2 Å². The van der Waals surface area contributed by atoms with Crippen LogP contribution in [0.5, 0.6) is 5.75 Å². The molecule has 0 aliphatic heterocycles. The summed E-state index contributed by atoms with van der Waals surface area (Å²) in [6.07, 6.45) is 0.815. The highest BCUT2D eigenvalue weighted by molar-refractivity contribution is 7.89. The molecule has 0 unspecified atom stereocenters. The van der Waals surface area contributed by atoms with E-state index in [1.165, 1.54) is 0 Å². The SMILES string of the molecule is CS(=O)(=O)NCCS(=O)(=O)Oc1ccc(F)c(F)c1F. The van der Waals surface area contributed by atoms with Crippen LogP contribution in [0.15, 0.2) is 12.1 Å². The van der Waals surface area contributed by atoms with Crippen LogP contribution in [-0.4, -0.2) is 35.4 Å². The third-order valence-corrected chi connectivity index (χ3v) is 3.80.